The molecule has 1 aromatic heterocycles. The highest BCUT2D eigenvalue weighted by atomic mass is 32.1. The Morgan fingerprint density at radius 1 is 1.16 bits per heavy atom. The molecule has 1 aromatic carbocycles. The zero-order valence-electron chi connectivity index (χ0n) is 14.9. The lowest BCUT2D eigenvalue weighted by Gasteiger charge is -2.31. The number of hydrogen-bond acceptors (Lipinski definition) is 4. The van der Waals surface area contributed by atoms with Gasteiger partial charge in [-0.1, -0.05) is 38.2 Å². The minimum atomic E-state index is -0.109. The molecule has 25 heavy (non-hydrogen) atoms. The maximum Gasteiger partial charge on any atom is 0.165 e. The summed E-state index contributed by atoms with van der Waals surface area (Å²) in [6, 6.07) is 10.1. The third-order valence-electron chi connectivity index (χ3n) is 4.65. The van der Waals surface area contributed by atoms with E-state index in [0.29, 0.717) is 27.8 Å². The second-order valence-electron chi connectivity index (χ2n) is 7.55. The van der Waals surface area contributed by atoms with E-state index in [1.165, 1.54) is 0 Å². The summed E-state index contributed by atoms with van der Waals surface area (Å²) in [6.07, 6.45) is 1.21. The van der Waals surface area contributed by atoms with E-state index in [4.69, 9.17) is 12.2 Å². The number of hydrogen-bond donors (Lipinski definition) is 1. The number of fused-ring (bicyclic) bond motifs is 1. The Morgan fingerprint density at radius 2 is 1.80 bits per heavy atom. The lowest BCUT2D eigenvalue weighted by molar-refractivity contribution is 0.0911. The molecule has 0 amide bonds. The van der Waals surface area contributed by atoms with Crippen LogP contribution in [0.3, 0.4) is 0 Å². The molecule has 0 spiro atoms. The quantitative estimate of drug-likeness (QED) is 0.809. The molecule has 5 heteroatoms. The third-order valence-corrected chi connectivity index (χ3v) is 4.96. The highest BCUT2D eigenvalue weighted by molar-refractivity contribution is 7.71. The first-order valence-electron chi connectivity index (χ1n) is 8.24. The van der Waals surface area contributed by atoms with E-state index in [1.54, 1.807) is 0 Å². The van der Waals surface area contributed by atoms with Gasteiger partial charge in [0.15, 0.2) is 5.78 Å². The summed E-state index contributed by atoms with van der Waals surface area (Å²) in [5.74, 6) is 0.0701. The van der Waals surface area contributed by atoms with Gasteiger partial charge in [-0.15, -0.1) is 0 Å². The average molecular weight is 351 g/mol. The maximum atomic E-state index is 12.9. The van der Waals surface area contributed by atoms with Crippen LogP contribution in [0.15, 0.2) is 24.3 Å². The topological polar surface area (TPSA) is 59.9 Å². The molecule has 0 saturated carbocycles. The Kier molecular flexibility index (Phi) is 4.26. The summed E-state index contributed by atoms with van der Waals surface area (Å²) in [4.78, 5) is 18.0. The van der Waals surface area contributed by atoms with Gasteiger partial charge in [0.25, 0.3) is 0 Å². The smallest absolute Gasteiger partial charge is 0.165 e. The Morgan fingerprint density at radius 3 is 2.36 bits per heavy atom. The van der Waals surface area contributed by atoms with Crippen LogP contribution >= 0.6 is 12.2 Å². The number of carbonyl (C=O) groups excluding carboxylic acids is 1. The SMILES string of the molecule is CN(C)c1ccc(-c2c3c([nH]c(=S)c2C#N)CC(C)(C)CC3=O)cc1. The molecule has 128 valence electrons. The molecule has 0 fully saturated rings. The lowest BCUT2D eigenvalue weighted by atomic mass is 9.73. The fraction of sp³-hybridized carbons (Fsp3) is 0.350. The number of ketones is 1. The van der Waals surface area contributed by atoms with Crippen molar-refractivity contribution < 1.29 is 4.79 Å². The number of benzene rings is 1. The highest BCUT2D eigenvalue weighted by Crippen LogP contribution is 2.40. The molecular formula is C20H21N3OS. The molecule has 2 aromatic rings. The van der Waals surface area contributed by atoms with Crippen LogP contribution in [-0.4, -0.2) is 24.9 Å². The van der Waals surface area contributed by atoms with Crippen molar-refractivity contribution in [3.05, 3.63) is 45.7 Å². The molecule has 1 N–H and O–H groups in total. The molecule has 4 nitrogen and oxygen atoms in total. The van der Waals surface area contributed by atoms with Crippen LogP contribution in [0.1, 0.15) is 41.9 Å². The number of H-pyrrole nitrogens is 1. The van der Waals surface area contributed by atoms with Gasteiger partial charge in [0.2, 0.25) is 0 Å². The van der Waals surface area contributed by atoms with Crippen molar-refractivity contribution in [2.75, 3.05) is 19.0 Å². The van der Waals surface area contributed by atoms with Gasteiger partial charge in [-0.3, -0.25) is 4.79 Å². The number of aromatic nitrogens is 1. The first kappa shape index (κ1) is 17.4. The largest absolute Gasteiger partial charge is 0.378 e. The minimum Gasteiger partial charge on any atom is -0.378 e. The van der Waals surface area contributed by atoms with Crippen LogP contribution in [0.5, 0.6) is 0 Å². The van der Waals surface area contributed by atoms with Crippen LogP contribution in [-0.2, 0) is 6.42 Å². The van der Waals surface area contributed by atoms with E-state index < -0.39 is 0 Å². The predicted octanol–water partition coefficient (Wildman–Crippen LogP) is 4.50. The Labute approximate surface area is 153 Å². The number of anilines is 1. The maximum absolute atomic E-state index is 12.9. The predicted molar refractivity (Wildman–Crippen MR) is 103 cm³/mol. The van der Waals surface area contributed by atoms with E-state index >= 15 is 0 Å². The molecule has 1 aliphatic rings. The Bertz CT molecular complexity index is 947. The van der Waals surface area contributed by atoms with Crippen LogP contribution in [0.4, 0.5) is 5.69 Å². The summed E-state index contributed by atoms with van der Waals surface area (Å²) in [5, 5.41) is 9.64. The number of nitrogens with one attached hydrogen (secondary N) is 1. The zero-order chi connectivity index (χ0) is 18.4. The molecular weight excluding hydrogens is 330 g/mol. The van der Waals surface area contributed by atoms with E-state index in [-0.39, 0.29) is 11.2 Å². The highest BCUT2D eigenvalue weighted by Gasteiger charge is 2.34. The van der Waals surface area contributed by atoms with Gasteiger partial charge in [0.05, 0.1) is 5.56 Å². The minimum absolute atomic E-state index is 0.0701. The standard InChI is InChI=1S/C20H21N3OS/c1-20(2)9-15-18(16(24)10-20)17(14(11-21)19(25)22-15)12-5-7-13(8-6-12)23(3)4/h5-8H,9-10H2,1-4H3,(H,22,25). The van der Waals surface area contributed by atoms with Crippen molar-refractivity contribution in [2.45, 2.75) is 26.7 Å². The Hall–Kier alpha value is -2.45. The Balaban J connectivity index is 2.29. The second kappa shape index (κ2) is 6.12. The summed E-state index contributed by atoms with van der Waals surface area (Å²) >= 11 is 5.41. The van der Waals surface area contributed by atoms with Gasteiger partial charge < -0.3 is 9.88 Å². The molecule has 0 unspecified atom stereocenters. The number of Topliss-reactive ketones (excluding diaryl/α,β-unsaturated/α-hetero) is 1. The van der Waals surface area contributed by atoms with Crippen molar-refractivity contribution in [3.63, 3.8) is 0 Å². The van der Waals surface area contributed by atoms with Gasteiger partial charge in [0, 0.05) is 43.0 Å². The van der Waals surface area contributed by atoms with E-state index in [1.807, 2.05) is 43.3 Å². The molecule has 0 bridgehead atoms. The molecule has 0 saturated heterocycles. The first-order chi connectivity index (χ1) is 11.7. The number of pyridine rings is 1. The van der Waals surface area contributed by atoms with Crippen LogP contribution < -0.4 is 4.90 Å². The number of aromatic amines is 1. The van der Waals surface area contributed by atoms with E-state index in [2.05, 4.69) is 24.9 Å². The monoisotopic (exact) mass is 351 g/mol. The molecule has 0 atom stereocenters. The molecule has 1 heterocycles. The van der Waals surface area contributed by atoms with Crippen LogP contribution in [0.25, 0.3) is 11.1 Å². The fourth-order valence-electron chi connectivity index (χ4n) is 3.48. The summed E-state index contributed by atoms with van der Waals surface area (Å²) < 4.78 is 0.401. The van der Waals surface area contributed by atoms with Crippen molar-refractivity contribution in [2.24, 2.45) is 5.41 Å². The van der Waals surface area contributed by atoms with Crippen molar-refractivity contribution >= 4 is 23.7 Å². The van der Waals surface area contributed by atoms with E-state index in [0.717, 1.165) is 23.4 Å². The van der Waals surface area contributed by atoms with Gasteiger partial charge in [0.1, 0.15) is 10.7 Å². The average Bonchev–Trinajstić information content (AvgIpc) is 2.52. The third kappa shape index (κ3) is 3.10. The van der Waals surface area contributed by atoms with Gasteiger partial charge in [-0.2, -0.15) is 5.26 Å². The summed E-state index contributed by atoms with van der Waals surface area (Å²) in [7, 11) is 3.95. The zero-order valence-corrected chi connectivity index (χ0v) is 15.8. The lowest BCUT2D eigenvalue weighted by Crippen LogP contribution is -2.29. The van der Waals surface area contributed by atoms with Gasteiger partial charge >= 0.3 is 0 Å². The number of carbonyl (C=O) groups is 1. The second-order valence-corrected chi connectivity index (χ2v) is 7.96. The molecule has 1 aliphatic carbocycles. The normalized spacial score (nSPS) is 15.4. The molecule has 3 rings (SSSR count). The number of rotatable bonds is 2. The fourth-order valence-corrected chi connectivity index (χ4v) is 3.75. The van der Waals surface area contributed by atoms with Gasteiger partial charge in [-0.25, -0.2) is 0 Å². The number of nitrogens with zero attached hydrogens (tertiary/aromatic N) is 2. The van der Waals surface area contributed by atoms with Crippen molar-refractivity contribution in [1.29, 1.82) is 5.26 Å². The summed E-state index contributed by atoms with van der Waals surface area (Å²) in [5.41, 5.74) is 4.32. The summed E-state index contributed by atoms with van der Waals surface area (Å²) in [6.45, 7) is 4.16. The molecule has 0 radical (unpaired) electrons. The van der Waals surface area contributed by atoms with Gasteiger partial charge in [-0.05, 0) is 29.5 Å². The van der Waals surface area contributed by atoms with Crippen LogP contribution in [0, 0.1) is 21.4 Å². The van der Waals surface area contributed by atoms with E-state index in [9.17, 15) is 10.1 Å². The van der Waals surface area contributed by atoms with Crippen LogP contribution in [0.2, 0.25) is 0 Å². The van der Waals surface area contributed by atoms with Crippen molar-refractivity contribution in [3.8, 4) is 17.2 Å². The number of nitriles is 1. The molecule has 0 aliphatic heterocycles. The first-order valence-corrected chi connectivity index (χ1v) is 8.64. The van der Waals surface area contributed by atoms with Crippen molar-refractivity contribution in [1.82, 2.24) is 4.98 Å².